The Bertz CT molecular complexity index is 1360. The molecule has 3 aromatic carbocycles. The van der Waals surface area contributed by atoms with E-state index in [-0.39, 0.29) is 28.0 Å². The van der Waals surface area contributed by atoms with Gasteiger partial charge < -0.3 is 10.2 Å². The van der Waals surface area contributed by atoms with Crippen molar-refractivity contribution in [1.29, 1.82) is 0 Å². The maximum absolute atomic E-state index is 10.2. The van der Waals surface area contributed by atoms with E-state index in [4.69, 9.17) is 33.2 Å². The second kappa shape index (κ2) is 17.4. The molecule has 262 valence electrons. The van der Waals surface area contributed by atoms with E-state index < -0.39 is 10.8 Å². The number of aromatic hydroxyl groups is 2. The van der Waals surface area contributed by atoms with Gasteiger partial charge in [-0.2, -0.15) is 0 Å². The number of phenolic OH excluding ortho intramolecular Hbond substituents is 2. The minimum absolute atomic E-state index is 0. The fraction of sp³-hybridized carbons (Fsp3) is 0.500. The zero-order valence-electron chi connectivity index (χ0n) is 30.8. The van der Waals surface area contributed by atoms with E-state index in [1.54, 1.807) is 0 Å². The van der Waals surface area contributed by atoms with Crippen LogP contribution in [0.1, 0.15) is 154 Å². The number of benzene rings is 3. The van der Waals surface area contributed by atoms with E-state index in [1.165, 1.54) is 22.3 Å². The Balaban J connectivity index is 0.000000505. The van der Waals surface area contributed by atoms with Crippen molar-refractivity contribution in [2.75, 3.05) is 0 Å². The molecular formula is C40H56Cl2N2NiO2. The van der Waals surface area contributed by atoms with Crippen molar-refractivity contribution in [3.8, 4) is 11.5 Å². The van der Waals surface area contributed by atoms with Crippen LogP contribution in [0.2, 0.25) is 10.0 Å². The predicted octanol–water partition coefficient (Wildman–Crippen LogP) is 13.3. The number of halogens is 2. The molecule has 4 nitrogen and oxygen atoms in total. The van der Waals surface area contributed by atoms with Crippen molar-refractivity contribution in [3.05, 3.63) is 79.8 Å². The molecule has 7 heteroatoms. The number of phenols is 2. The molecule has 0 aromatic heterocycles. The van der Waals surface area contributed by atoms with Crippen LogP contribution in [0.4, 0.5) is 11.4 Å². The van der Waals surface area contributed by atoms with Crippen molar-refractivity contribution < 1.29 is 26.7 Å². The standard InChI is InChI=1S/C26H36N2.C14H20Cl2O2.Ni/c1-17(2)21-11-9-12-22(18(3)4)25(21)27-15-16-28-26-23(19(5)6)13-10-14-24(26)20(7)8;1-13(2,3)7-9(15)10(16)8(14(4,5)6)12(18)11(7)17;/h9-20H,1-8H3;17-18H,1-6H3;. The first-order chi connectivity index (χ1) is 21.1. The minimum Gasteiger partial charge on any atom is -0.504 e. The number of nitrogens with zero attached hydrogens (tertiary/aromatic N) is 2. The van der Waals surface area contributed by atoms with Crippen LogP contribution in [0.3, 0.4) is 0 Å². The van der Waals surface area contributed by atoms with Crippen LogP contribution < -0.4 is 0 Å². The van der Waals surface area contributed by atoms with Crippen LogP contribution in [-0.4, -0.2) is 22.6 Å². The Morgan fingerprint density at radius 1 is 0.532 bits per heavy atom. The van der Waals surface area contributed by atoms with Crippen LogP contribution in [0, 0.1) is 0 Å². The van der Waals surface area contributed by atoms with Gasteiger partial charge in [0.1, 0.15) is 0 Å². The summed E-state index contributed by atoms with van der Waals surface area (Å²) in [4.78, 5) is 9.68. The molecule has 47 heavy (non-hydrogen) atoms. The number of hydrogen-bond donors (Lipinski definition) is 2. The van der Waals surface area contributed by atoms with Gasteiger partial charge >= 0.3 is 0 Å². The first-order valence-electron chi connectivity index (χ1n) is 16.4. The molecule has 0 saturated carbocycles. The number of hydrogen-bond acceptors (Lipinski definition) is 4. The van der Waals surface area contributed by atoms with Crippen molar-refractivity contribution in [2.24, 2.45) is 9.98 Å². The first kappa shape index (κ1) is 42.7. The molecule has 0 aliphatic carbocycles. The van der Waals surface area contributed by atoms with Crippen LogP contribution in [-0.2, 0) is 27.3 Å². The van der Waals surface area contributed by atoms with E-state index in [1.807, 2.05) is 54.0 Å². The number of aliphatic imine (C=N–C) groups is 2. The Labute approximate surface area is 305 Å². The molecule has 0 atom stereocenters. The van der Waals surface area contributed by atoms with E-state index in [0.29, 0.717) is 44.8 Å². The first-order valence-corrected chi connectivity index (χ1v) is 17.1. The molecule has 0 unspecified atom stereocenters. The number of para-hydroxylation sites is 2. The van der Waals surface area contributed by atoms with E-state index >= 15 is 0 Å². The molecule has 0 bridgehead atoms. The van der Waals surface area contributed by atoms with Crippen molar-refractivity contribution in [1.82, 2.24) is 0 Å². The summed E-state index contributed by atoms with van der Waals surface area (Å²) in [7, 11) is 0. The summed E-state index contributed by atoms with van der Waals surface area (Å²) < 4.78 is 0. The second-order valence-corrected chi connectivity index (χ2v) is 16.1. The van der Waals surface area contributed by atoms with E-state index in [2.05, 4.69) is 91.8 Å². The maximum atomic E-state index is 10.2. The normalized spacial score (nSPS) is 12.4. The summed E-state index contributed by atoms with van der Waals surface area (Å²) in [6.07, 6.45) is 3.71. The van der Waals surface area contributed by atoms with Gasteiger partial charge in [0.05, 0.1) is 21.4 Å². The van der Waals surface area contributed by atoms with Crippen LogP contribution in [0.5, 0.6) is 11.5 Å². The monoisotopic (exact) mass is 724 g/mol. The van der Waals surface area contributed by atoms with Gasteiger partial charge in [-0.15, -0.1) is 0 Å². The molecule has 0 aliphatic heterocycles. The third-order valence-corrected chi connectivity index (χ3v) is 8.84. The van der Waals surface area contributed by atoms with Crippen molar-refractivity contribution in [2.45, 2.75) is 131 Å². The van der Waals surface area contributed by atoms with Crippen LogP contribution in [0.25, 0.3) is 0 Å². The minimum atomic E-state index is -0.404. The molecule has 0 aliphatic rings. The maximum Gasteiger partial charge on any atom is 0.163 e. The van der Waals surface area contributed by atoms with Gasteiger partial charge in [0.25, 0.3) is 0 Å². The smallest absolute Gasteiger partial charge is 0.163 e. The quantitative estimate of drug-likeness (QED) is 0.145. The van der Waals surface area contributed by atoms with E-state index in [9.17, 15) is 10.2 Å². The summed E-state index contributed by atoms with van der Waals surface area (Å²) in [5.74, 6) is 1.41. The Kier molecular flexibility index (Phi) is 15.8. The Morgan fingerprint density at radius 3 is 0.957 bits per heavy atom. The average molecular weight is 726 g/mol. The molecule has 3 rings (SSSR count). The second-order valence-electron chi connectivity index (χ2n) is 15.3. The van der Waals surface area contributed by atoms with E-state index in [0.717, 1.165) is 11.4 Å². The summed E-state index contributed by atoms with van der Waals surface area (Å²) >= 11 is 12.5. The fourth-order valence-electron chi connectivity index (χ4n) is 5.57. The predicted molar refractivity (Wildman–Crippen MR) is 203 cm³/mol. The van der Waals surface area contributed by atoms with Crippen LogP contribution in [0.15, 0.2) is 46.4 Å². The van der Waals surface area contributed by atoms with Crippen molar-refractivity contribution in [3.63, 3.8) is 0 Å². The molecule has 2 N–H and O–H groups in total. The zero-order chi connectivity index (χ0) is 35.3. The van der Waals surface area contributed by atoms with Gasteiger partial charge in [-0.25, -0.2) is 0 Å². The fourth-order valence-corrected chi connectivity index (χ4v) is 6.51. The third-order valence-electron chi connectivity index (χ3n) is 7.99. The van der Waals surface area contributed by atoms with Gasteiger partial charge in [0.2, 0.25) is 0 Å². The SMILES string of the molecule is CC(C)(C)c1c(O)c(O)c(C(C)(C)C)c(Cl)c1Cl.CC(C)c1cccc(C(C)C)c1N=CC=Nc1c(C(C)C)cccc1C(C)C.[Ni]. The number of rotatable bonds is 7. The van der Waals surface area contributed by atoms with Crippen molar-refractivity contribution >= 4 is 47.0 Å². The molecular weight excluding hydrogens is 670 g/mol. The topological polar surface area (TPSA) is 65.2 Å². The molecule has 0 radical (unpaired) electrons. The average Bonchev–Trinajstić information content (AvgIpc) is 2.92. The Hall–Kier alpha value is -2.33. The van der Waals surface area contributed by atoms with Gasteiger partial charge in [-0.05, 0) is 56.8 Å². The van der Waals surface area contributed by atoms with Gasteiger partial charge in [0, 0.05) is 40.0 Å². The van der Waals surface area contributed by atoms with Gasteiger partial charge in [-0.3, -0.25) is 9.98 Å². The zero-order valence-corrected chi connectivity index (χ0v) is 33.3. The van der Waals surface area contributed by atoms with Gasteiger partial charge in [-0.1, -0.05) is 157 Å². The summed E-state index contributed by atoms with van der Waals surface area (Å²) in [6, 6.07) is 13.0. The Morgan fingerprint density at radius 2 is 0.766 bits per heavy atom. The summed E-state index contributed by atoms with van der Waals surface area (Å²) in [6.45, 7) is 29.2. The molecule has 0 amide bonds. The summed E-state index contributed by atoms with van der Waals surface area (Å²) in [5.41, 5.74) is 7.50. The molecule has 0 fully saturated rings. The molecule has 0 saturated heterocycles. The summed E-state index contributed by atoms with van der Waals surface area (Å²) in [5, 5.41) is 21.0. The third kappa shape index (κ3) is 10.6. The molecule has 3 aromatic rings. The largest absolute Gasteiger partial charge is 0.504 e. The molecule has 0 heterocycles. The van der Waals surface area contributed by atoms with Gasteiger partial charge in [0.15, 0.2) is 11.5 Å². The molecule has 0 spiro atoms. The van der Waals surface area contributed by atoms with Crippen LogP contribution >= 0.6 is 23.2 Å².